The first-order valence-corrected chi connectivity index (χ1v) is 7.70. The third kappa shape index (κ3) is 5.93. The first kappa shape index (κ1) is 18.5. The summed E-state index contributed by atoms with van der Waals surface area (Å²) in [4.78, 5) is 23.4. The van der Waals surface area contributed by atoms with E-state index in [1.165, 1.54) is 31.4 Å². The molecule has 0 spiro atoms. The second kappa shape index (κ2) is 8.84. The molecule has 5 nitrogen and oxygen atoms in total. The third-order valence-electron chi connectivity index (χ3n) is 3.21. The highest BCUT2D eigenvalue weighted by molar-refractivity contribution is 6.30. The van der Waals surface area contributed by atoms with Gasteiger partial charge in [-0.2, -0.15) is 0 Å². The Kier molecular flexibility index (Phi) is 6.54. The Morgan fingerprint density at radius 3 is 2.52 bits per heavy atom. The van der Waals surface area contributed by atoms with Crippen LogP contribution in [0.15, 0.2) is 48.5 Å². The summed E-state index contributed by atoms with van der Waals surface area (Å²) in [5.41, 5.74) is 5.80. The molecule has 0 heterocycles. The van der Waals surface area contributed by atoms with Crippen LogP contribution in [0.4, 0.5) is 4.39 Å². The standard InChI is InChI=1S/C18H16ClFN2O3/c1-25-16-8-4-12(10-15(16)20)5-9-17(23)21-22-18(24)11-13-2-6-14(19)7-3-13/h2-10H,11H2,1H3,(H,21,23)(H,22,24)/b9-5+. The van der Waals surface area contributed by atoms with Crippen LogP contribution in [-0.4, -0.2) is 18.9 Å². The van der Waals surface area contributed by atoms with E-state index in [-0.39, 0.29) is 18.1 Å². The summed E-state index contributed by atoms with van der Waals surface area (Å²) in [7, 11) is 1.37. The minimum absolute atomic E-state index is 0.102. The van der Waals surface area contributed by atoms with Crippen molar-refractivity contribution in [3.8, 4) is 5.75 Å². The van der Waals surface area contributed by atoms with E-state index in [0.29, 0.717) is 10.6 Å². The number of benzene rings is 2. The van der Waals surface area contributed by atoms with Crippen molar-refractivity contribution in [2.24, 2.45) is 0 Å². The number of amides is 2. The minimum Gasteiger partial charge on any atom is -0.494 e. The maximum atomic E-state index is 13.5. The lowest BCUT2D eigenvalue weighted by Crippen LogP contribution is -2.41. The number of hydrogen-bond donors (Lipinski definition) is 2. The number of carbonyl (C=O) groups excluding carboxylic acids is 2. The molecule has 0 saturated heterocycles. The number of rotatable bonds is 5. The van der Waals surface area contributed by atoms with Crippen molar-refractivity contribution >= 4 is 29.5 Å². The fraction of sp³-hybridized carbons (Fsp3) is 0.111. The monoisotopic (exact) mass is 362 g/mol. The summed E-state index contributed by atoms with van der Waals surface area (Å²) in [5.74, 6) is -1.32. The van der Waals surface area contributed by atoms with Gasteiger partial charge in [-0.15, -0.1) is 0 Å². The molecule has 2 aromatic rings. The molecule has 0 atom stereocenters. The molecular weight excluding hydrogens is 347 g/mol. The van der Waals surface area contributed by atoms with Crippen LogP contribution in [0.1, 0.15) is 11.1 Å². The lowest BCUT2D eigenvalue weighted by atomic mass is 10.1. The van der Waals surface area contributed by atoms with Crippen LogP contribution in [0.5, 0.6) is 5.75 Å². The molecule has 25 heavy (non-hydrogen) atoms. The second-order valence-corrected chi connectivity index (χ2v) is 5.50. The summed E-state index contributed by atoms with van der Waals surface area (Å²) in [6, 6.07) is 11.1. The smallest absolute Gasteiger partial charge is 0.262 e. The van der Waals surface area contributed by atoms with Crippen molar-refractivity contribution in [3.63, 3.8) is 0 Å². The quantitative estimate of drug-likeness (QED) is 0.635. The molecule has 0 aliphatic heterocycles. The van der Waals surface area contributed by atoms with Gasteiger partial charge in [0.15, 0.2) is 11.6 Å². The van der Waals surface area contributed by atoms with E-state index in [9.17, 15) is 14.0 Å². The first-order chi connectivity index (χ1) is 12.0. The van der Waals surface area contributed by atoms with Gasteiger partial charge in [-0.05, 0) is 41.5 Å². The fourth-order valence-corrected chi connectivity index (χ4v) is 2.09. The number of nitrogens with one attached hydrogen (secondary N) is 2. The topological polar surface area (TPSA) is 67.4 Å². The molecule has 0 aliphatic carbocycles. The number of carbonyl (C=O) groups is 2. The molecule has 2 N–H and O–H groups in total. The fourth-order valence-electron chi connectivity index (χ4n) is 1.96. The van der Waals surface area contributed by atoms with Gasteiger partial charge in [-0.1, -0.05) is 29.8 Å². The Morgan fingerprint density at radius 2 is 1.88 bits per heavy atom. The summed E-state index contributed by atoms with van der Waals surface area (Å²) in [6.07, 6.45) is 2.71. The van der Waals surface area contributed by atoms with Gasteiger partial charge in [-0.25, -0.2) is 4.39 Å². The van der Waals surface area contributed by atoms with Gasteiger partial charge >= 0.3 is 0 Å². The first-order valence-electron chi connectivity index (χ1n) is 7.33. The normalized spacial score (nSPS) is 10.5. The van der Waals surface area contributed by atoms with Crippen LogP contribution in [0.2, 0.25) is 5.02 Å². The number of hydrogen-bond acceptors (Lipinski definition) is 3. The van der Waals surface area contributed by atoms with E-state index in [4.69, 9.17) is 16.3 Å². The molecule has 0 saturated carbocycles. The molecule has 0 fully saturated rings. The third-order valence-corrected chi connectivity index (χ3v) is 3.46. The Hall–Kier alpha value is -2.86. The van der Waals surface area contributed by atoms with E-state index >= 15 is 0 Å². The molecule has 0 unspecified atom stereocenters. The average Bonchev–Trinajstić information content (AvgIpc) is 2.60. The molecule has 0 aromatic heterocycles. The molecule has 2 rings (SSSR count). The molecular formula is C18H16ClFN2O3. The number of methoxy groups -OCH3 is 1. The van der Waals surface area contributed by atoms with Gasteiger partial charge in [0, 0.05) is 11.1 Å². The van der Waals surface area contributed by atoms with Crippen LogP contribution in [0.25, 0.3) is 6.08 Å². The highest BCUT2D eigenvalue weighted by Crippen LogP contribution is 2.18. The number of hydrazine groups is 1. The Bertz CT molecular complexity index is 791. The highest BCUT2D eigenvalue weighted by Gasteiger charge is 2.05. The predicted octanol–water partition coefficient (Wildman–Crippen LogP) is 2.89. The number of ether oxygens (including phenoxy) is 1. The van der Waals surface area contributed by atoms with Crippen molar-refractivity contribution in [1.29, 1.82) is 0 Å². The van der Waals surface area contributed by atoms with Crippen LogP contribution >= 0.6 is 11.6 Å². The van der Waals surface area contributed by atoms with Crippen LogP contribution in [0, 0.1) is 5.82 Å². The van der Waals surface area contributed by atoms with Gasteiger partial charge in [0.05, 0.1) is 13.5 Å². The van der Waals surface area contributed by atoms with Gasteiger partial charge < -0.3 is 4.74 Å². The summed E-state index contributed by atoms with van der Waals surface area (Å²) >= 11 is 5.77. The van der Waals surface area contributed by atoms with E-state index in [1.54, 1.807) is 30.3 Å². The van der Waals surface area contributed by atoms with Crippen LogP contribution in [-0.2, 0) is 16.0 Å². The zero-order valence-corrected chi connectivity index (χ0v) is 14.1. The Balaban J connectivity index is 1.82. The summed E-state index contributed by atoms with van der Waals surface area (Å²) < 4.78 is 18.3. The number of halogens is 2. The largest absolute Gasteiger partial charge is 0.494 e. The van der Waals surface area contributed by atoms with Crippen LogP contribution in [0.3, 0.4) is 0 Å². The second-order valence-electron chi connectivity index (χ2n) is 5.07. The summed E-state index contributed by atoms with van der Waals surface area (Å²) in [6.45, 7) is 0. The van der Waals surface area contributed by atoms with Crippen LogP contribution < -0.4 is 15.6 Å². The molecule has 2 aromatic carbocycles. The lowest BCUT2D eigenvalue weighted by Gasteiger charge is -2.05. The van der Waals surface area contributed by atoms with Crippen molar-refractivity contribution in [2.75, 3.05) is 7.11 Å². The van der Waals surface area contributed by atoms with Gasteiger partial charge in [0.25, 0.3) is 5.91 Å². The average molecular weight is 363 g/mol. The maximum absolute atomic E-state index is 13.5. The Morgan fingerprint density at radius 1 is 1.16 bits per heavy atom. The van der Waals surface area contributed by atoms with Gasteiger partial charge in [0.2, 0.25) is 5.91 Å². The van der Waals surface area contributed by atoms with E-state index < -0.39 is 11.7 Å². The van der Waals surface area contributed by atoms with E-state index in [1.807, 2.05) is 0 Å². The van der Waals surface area contributed by atoms with E-state index in [0.717, 1.165) is 5.56 Å². The van der Waals surface area contributed by atoms with Crippen molar-refractivity contribution < 1.29 is 18.7 Å². The van der Waals surface area contributed by atoms with E-state index in [2.05, 4.69) is 10.9 Å². The molecule has 130 valence electrons. The zero-order chi connectivity index (χ0) is 18.2. The minimum atomic E-state index is -0.541. The predicted molar refractivity (Wildman–Crippen MR) is 93.4 cm³/mol. The molecule has 0 radical (unpaired) electrons. The zero-order valence-electron chi connectivity index (χ0n) is 13.4. The highest BCUT2D eigenvalue weighted by atomic mass is 35.5. The molecule has 2 amide bonds. The molecule has 0 aliphatic rings. The maximum Gasteiger partial charge on any atom is 0.262 e. The molecule has 7 heteroatoms. The van der Waals surface area contributed by atoms with Gasteiger partial charge in [0.1, 0.15) is 0 Å². The Labute approximate surface area is 149 Å². The van der Waals surface area contributed by atoms with Gasteiger partial charge in [-0.3, -0.25) is 20.4 Å². The SMILES string of the molecule is COc1ccc(/C=C/C(=O)NNC(=O)Cc2ccc(Cl)cc2)cc1F. The lowest BCUT2D eigenvalue weighted by molar-refractivity contribution is -0.126. The van der Waals surface area contributed by atoms with Crippen molar-refractivity contribution in [2.45, 2.75) is 6.42 Å². The summed E-state index contributed by atoms with van der Waals surface area (Å²) in [5, 5.41) is 0.581. The van der Waals surface area contributed by atoms with Crippen molar-refractivity contribution in [1.82, 2.24) is 10.9 Å². The van der Waals surface area contributed by atoms with Crippen molar-refractivity contribution in [3.05, 3.63) is 70.5 Å². The molecule has 0 bridgehead atoms.